The number of ether oxygens (including phenoxy) is 3. The molecule has 1 N–H and O–H groups in total. The summed E-state index contributed by atoms with van der Waals surface area (Å²) in [6.07, 6.45) is 8.72. The van der Waals surface area contributed by atoms with Crippen molar-refractivity contribution in [2.45, 2.75) is 71.0 Å². The predicted octanol–water partition coefficient (Wildman–Crippen LogP) is 3.44. The average molecular weight is 497 g/mol. The molecule has 0 bridgehead atoms. The molecule has 2 saturated heterocycles. The summed E-state index contributed by atoms with van der Waals surface area (Å²) < 4.78 is 17.5. The lowest BCUT2D eigenvalue weighted by molar-refractivity contribution is -0.0721. The topological polar surface area (TPSA) is 55.3 Å². The molecular formula is C20H40IN3O3. The minimum Gasteiger partial charge on any atom is -0.380 e. The number of rotatable bonds is 10. The highest BCUT2D eigenvalue weighted by atomic mass is 127. The van der Waals surface area contributed by atoms with E-state index in [1.165, 1.54) is 19.3 Å². The molecule has 7 heteroatoms. The Morgan fingerprint density at radius 2 is 1.96 bits per heavy atom. The fourth-order valence-corrected chi connectivity index (χ4v) is 3.41. The fourth-order valence-electron chi connectivity index (χ4n) is 3.41. The third-order valence-electron chi connectivity index (χ3n) is 5.01. The molecule has 2 aliphatic heterocycles. The first-order chi connectivity index (χ1) is 12.8. The highest BCUT2D eigenvalue weighted by molar-refractivity contribution is 14.0. The summed E-state index contributed by atoms with van der Waals surface area (Å²) in [6.45, 7) is 11.1. The molecule has 0 aliphatic carbocycles. The van der Waals surface area contributed by atoms with Gasteiger partial charge in [0, 0.05) is 32.8 Å². The minimum absolute atomic E-state index is 0. The lowest BCUT2D eigenvalue weighted by Crippen LogP contribution is -2.47. The number of likely N-dealkylation sites (tertiary alicyclic amines) is 1. The molecule has 0 radical (unpaired) electrons. The van der Waals surface area contributed by atoms with Crippen LogP contribution in [-0.4, -0.2) is 75.7 Å². The van der Waals surface area contributed by atoms with Crippen LogP contribution in [0.1, 0.15) is 58.8 Å². The van der Waals surface area contributed by atoms with Crippen molar-refractivity contribution in [3.05, 3.63) is 0 Å². The number of hydrogen-bond acceptors (Lipinski definition) is 4. The molecule has 0 aromatic heterocycles. The molecule has 27 heavy (non-hydrogen) atoms. The Bertz CT molecular complexity index is 385. The molecule has 0 saturated carbocycles. The van der Waals surface area contributed by atoms with Crippen molar-refractivity contribution in [3.63, 3.8) is 0 Å². The number of piperidine rings is 1. The van der Waals surface area contributed by atoms with Gasteiger partial charge in [0.25, 0.3) is 0 Å². The normalized spacial score (nSPS) is 21.8. The van der Waals surface area contributed by atoms with Gasteiger partial charge in [0.2, 0.25) is 0 Å². The largest absolute Gasteiger partial charge is 0.380 e. The Hall–Kier alpha value is -0.120. The summed E-state index contributed by atoms with van der Waals surface area (Å²) >= 11 is 0. The standard InChI is InChI=1S/C20H39N3O3.HI/c1-3-5-14-24-16-11-22-20(21-4-2)23-12-9-18(10-13-23)26-17-19-8-6-7-15-25-19;/h18-19H,3-17H2,1-2H3,(H,21,22);1H. The molecule has 2 rings (SSSR count). The van der Waals surface area contributed by atoms with E-state index in [1.54, 1.807) is 0 Å². The van der Waals surface area contributed by atoms with Crippen LogP contribution >= 0.6 is 24.0 Å². The Balaban J connectivity index is 0.00000364. The molecule has 2 heterocycles. The number of hydrogen-bond donors (Lipinski definition) is 1. The molecule has 2 aliphatic rings. The summed E-state index contributed by atoms with van der Waals surface area (Å²) in [4.78, 5) is 7.08. The molecule has 0 spiro atoms. The number of unbranched alkanes of at least 4 members (excludes halogenated alkanes) is 1. The van der Waals surface area contributed by atoms with Gasteiger partial charge in [0.1, 0.15) is 0 Å². The van der Waals surface area contributed by atoms with E-state index in [-0.39, 0.29) is 24.0 Å². The summed E-state index contributed by atoms with van der Waals surface area (Å²) in [5.74, 6) is 1.01. The first-order valence-corrected chi connectivity index (χ1v) is 10.7. The molecule has 1 unspecified atom stereocenters. The van der Waals surface area contributed by atoms with Crippen LogP contribution in [0, 0.1) is 0 Å². The molecule has 0 amide bonds. The summed E-state index contributed by atoms with van der Waals surface area (Å²) in [7, 11) is 0. The van der Waals surface area contributed by atoms with Gasteiger partial charge in [-0.3, -0.25) is 4.99 Å². The number of nitrogens with one attached hydrogen (secondary N) is 1. The van der Waals surface area contributed by atoms with Crippen LogP contribution in [0.15, 0.2) is 4.99 Å². The maximum atomic E-state index is 6.11. The molecule has 1 atom stereocenters. The SMILES string of the molecule is CCCCOCCN=C(NCC)N1CCC(OCC2CCCCO2)CC1.I. The van der Waals surface area contributed by atoms with Crippen LogP contribution in [0.2, 0.25) is 0 Å². The second kappa shape index (κ2) is 15.8. The minimum atomic E-state index is 0. The molecule has 2 fully saturated rings. The Morgan fingerprint density at radius 1 is 1.15 bits per heavy atom. The van der Waals surface area contributed by atoms with Crippen molar-refractivity contribution in [2.75, 3.05) is 52.6 Å². The smallest absolute Gasteiger partial charge is 0.193 e. The number of nitrogens with zero attached hydrogens (tertiary/aromatic N) is 2. The van der Waals surface area contributed by atoms with Crippen molar-refractivity contribution in [1.29, 1.82) is 0 Å². The van der Waals surface area contributed by atoms with Crippen molar-refractivity contribution in [1.82, 2.24) is 10.2 Å². The Kier molecular flexibility index (Phi) is 14.5. The van der Waals surface area contributed by atoms with E-state index < -0.39 is 0 Å². The second-order valence-electron chi connectivity index (χ2n) is 7.21. The van der Waals surface area contributed by atoms with Crippen LogP contribution in [0.4, 0.5) is 0 Å². The third-order valence-corrected chi connectivity index (χ3v) is 5.01. The van der Waals surface area contributed by atoms with Gasteiger partial charge < -0.3 is 24.4 Å². The van der Waals surface area contributed by atoms with Gasteiger partial charge in [-0.2, -0.15) is 0 Å². The summed E-state index contributed by atoms with van der Waals surface area (Å²) in [6, 6.07) is 0. The quantitative estimate of drug-likeness (QED) is 0.217. The average Bonchev–Trinajstić information content (AvgIpc) is 2.69. The van der Waals surface area contributed by atoms with Gasteiger partial charge in [-0.25, -0.2) is 0 Å². The van der Waals surface area contributed by atoms with E-state index in [2.05, 4.69) is 24.1 Å². The van der Waals surface area contributed by atoms with E-state index in [0.29, 0.717) is 18.8 Å². The number of guanidine groups is 1. The van der Waals surface area contributed by atoms with Crippen molar-refractivity contribution < 1.29 is 14.2 Å². The zero-order valence-electron chi connectivity index (χ0n) is 17.3. The van der Waals surface area contributed by atoms with E-state index in [9.17, 15) is 0 Å². The first-order valence-electron chi connectivity index (χ1n) is 10.7. The van der Waals surface area contributed by atoms with Gasteiger partial charge in [0.05, 0.1) is 32.0 Å². The van der Waals surface area contributed by atoms with Crippen LogP contribution in [0.25, 0.3) is 0 Å². The second-order valence-corrected chi connectivity index (χ2v) is 7.21. The highest BCUT2D eigenvalue weighted by Crippen LogP contribution is 2.17. The summed E-state index contributed by atoms with van der Waals surface area (Å²) in [5.41, 5.74) is 0. The molecule has 160 valence electrons. The van der Waals surface area contributed by atoms with Gasteiger partial charge >= 0.3 is 0 Å². The lowest BCUT2D eigenvalue weighted by Gasteiger charge is -2.35. The van der Waals surface area contributed by atoms with Gasteiger partial charge in [0.15, 0.2) is 5.96 Å². The zero-order chi connectivity index (χ0) is 18.5. The fraction of sp³-hybridized carbons (Fsp3) is 0.950. The molecular weight excluding hydrogens is 457 g/mol. The number of aliphatic imine (C=N–C) groups is 1. The molecule has 0 aromatic carbocycles. The van der Waals surface area contributed by atoms with E-state index in [1.807, 2.05) is 0 Å². The third kappa shape index (κ3) is 10.3. The summed E-state index contributed by atoms with van der Waals surface area (Å²) in [5, 5.41) is 3.41. The molecule has 6 nitrogen and oxygen atoms in total. The predicted molar refractivity (Wildman–Crippen MR) is 121 cm³/mol. The van der Waals surface area contributed by atoms with E-state index in [0.717, 1.165) is 77.6 Å². The molecule has 0 aromatic rings. The number of halogens is 1. The van der Waals surface area contributed by atoms with Gasteiger partial charge in [-0.1, -0.05) is 13.3 Å². The lowest BCUT2D eigenvalue weighted by atomic mass is 10.1. The Labute approximate surface area is 182 Å². The zero-order valence-corrected chi connectivity index (χ0v) is 19.6. The van der Waals surface area contributed by atoms with Crippen molar-refractivity contribution >= 4 is 29.9 Å². The maximum Gasteiger partial charge on any atom is 0.193 e. The van der Waals surface area contributed by atoms with Crippen LogP contribution in [0.3, 0.4) is 0 Å². The van der Waals surface area contributed by atoms with E-state index >= 15 is 0 Å². The monoisotopic (exact) mass is 497 g/mol. The van der Waals surface area contributed by atoms with E-state index in [4.69, 9.17) is 19.2 Å². The van der Waals surface area contributed by atoms with Gasteiger partial charge in [-0.05, 0) is 45.4 Å². The van der Waals surface area contributed by atoms with Crippen LogP contribution < -0.4 is 5.32 Å². The van der Waals surface area contributed by atoms with Crippen molar-refractivity contribution in [2.24, 2.45) is 4.99 Å². The first kappa shape index (κ1) is 24.9. The van der Waals surface area contributed by atoms with Crippen molar-refractivity contribution in [3.8, 4) is 0 Å². The maximum absolute atomic E-state index is 6.11. The highest BCUT2D eigenvalue weighted by Gasteiger charge is 2.23. The van der Waals surface area contributed by atoms with Gasteiger partial charge in [-0.15, -0.1) is 24.0 Å². The Morgan fingerprint density at radius 3 is 2.63 bits per heavy atom. The van der Waals surface area contributed by atoms with Crippen LogP contribution in [-0.2, 0) is 14.2 Å². The van der Waals surface area contributed by atoms with Crippen LogP contribution in [0.5, 0.6) is 0 Å².